The van der Waals surface area contributed by atoms with Crippen LogP contribution in [0.5, 0.6) is 0 Å². The summed E-state index contributed by atoms with van der Waals surface area (Å²) in [6.45, 7) is 4.29. The molecular formula is C47H32N4. The first-order valence-corrected chi connectivity index (χ1v) is 17.4. The smallest absolute Gasteiger partial charge is 0.164 e. The van der Waals surface area contributed by atoms with Crippen LogP contribution in [-0.4, -0.2) is 19.5 Å². The zero-order valence-electron chi connectivity index (χ0n) is 27.9. The van der Waals surface area contributed by atoms with Crippen LogP contribution in [0.15, 0.2) is 164 Å². The molecule has 51 heavy (non-hydrogen) atoms. The van der Waals surface area contributed by atoms with Crippen molar-refractivity contribution in [2.75, 3.05) is 0 Å². The molecule has 0 spiro atoms. The summed E-state index contributed by atoms with van der Waals surface area (Å²) in [4.78, 5) is 15.2. The molecule has 4 nitrogen and oxygen atoms in total. The number of aromatic nitrogens is 4. The van der Waals surface area contributed by atoms with Crippen LogP contribution < -0.4 is 0 Å². The van der Waals surface area contributed by atoms with Crippen LogP contribution in [-0.2, 0) is 12.8 Å². The fourth-order valence-corrected chi connectivity index (χ4v) is 7.74. The van der Waals surface area contributed by atoms with E-state index in [2.05, 4.69) is 145 Å². The lowest BCUT2D eigenvalue weighted by molar-refractivity contribution is 1.07. The molecule has 240 valence electrons. The third-order valence-electron chi connectivity index (χ3n) is 10.2. The highest BCUT2D eigenvalue weighted by Crippen LogP contribution is 2.41. The first-order valence-electron chi connectivity index (χ1n) is 17.4. The van der Waals surface area contributed by atoms with E-state index in [0.717, 1.165) is 46.4 Å². The summed E-state index contributed by atoms with van der Waals surface area (Å²) in [6, 6.07) is 47.6. The number of nitrogens with zero attached hydrogens (tertiary/aromatic N) is 4. The summed E-state index contributed by atoms with van der Waals surface area (Å²) in [5.74, 6) is 1.97. The lowest BCUT2D eigenvalue weighted by atomic mass is 9.94. The van der Waals surface area contributed by atoms with Crippen LogP contribution in [0.2, 0.25) is 0 Å². The highest BCUT2D eigenvalue weighted by Gasteiger charge is 2.22. The van der Waals surface area contributed by atoms with E-state index in [1.54, 1.807) is 0 Å². The molecule has 10 rings (SSSR count). The second-order valence-corrected chi connectivity index (χ2v) is 13.3. The fraction of sp³-hybridized carbons (Fsp3) is 0.0426. The number of para-hydroxylation sites is 2. The van der Waals surface area contributed by atoms with Crippen LogP contribution in [0.4, 0.5) is 0 Å². The zero-order valence-corrected chi connectivity index (χ0v) is 27.9. The highest BCUT2D eigenvalue weighted by molar-refractivity contribution is 6.09. The largest absolute Gasteiger partial charge is 0.309 e. The molecule has 8 aromatic rings. The molecule has 0 N–H and O–H groups in total. The molecule has 0 radical (unpaired) electrons. The van der Waals surface area contributed by atoms with E-state index in [1.807, 2.05) is 24.3 Å². The quantitative estimate of drug-likeness (QED) is 0.190. The van der Waals surface area contributed by atoms with E-state index in [1.165, 1.54) is 49.6 Å². The standard InChI is InChI=1S/C47H32N4/c1-30-12-4-2-7-15-32-27-35(23-25-38(30)32)46-48-45(31-13-5-3-6-14-31)49-47(50-46)36-21-20-33-26-34-22-24-37(29-42(34)41(33)28-36)51-43-18-10-8-16-39(43)40-17-9-11-19-44(40)51/h2-14,16-25,27-29H,1,15,26H2/b7-2-,12-4-. The van der Waals surface area contributed by atoms with Crippen LogP contribution in [0.25, 0.3) is 78.4 Å². The monoisotopic (exact) mass is 652 g/mol. The molecular weight excluding hydrogens is 621 g/mol. The van der Waals surface area contributed by atoms with Crippen molar-refractivity contribution in [3.63, 3.8) is 0 Å². The summed E-state index contributed by atoms with van der Waals surface area (Å²) < 4.78 is 2.39. The molecule has 2 aliphatic rings. The van der Waals surface area contributed by atoms with Crippen LogP contribution in [0, 0.1) is 0 Å². The van der Waals surface area contributed by atoms with Crippen molar-refractivity contribution < 1.29 is 0 Å². The van der Waals surface area contributed by atoms with Gasteiger partial charge in [0.15, 0.2) is 17.5 Å². The lowest BCUT2D eigenvalue weighted by Gasteiger charge is -2.13. The molecule has 0 saturated heterocycles. The van der Waals surface area contributed by atoms with Crippen LogP contribution >= 0.6 is 0 Å². The fourth-order valence-electron chi connectivity index (χ4n) is 7.74. The molecule has 0 aliphatic heterocycles. The van der Waals surface area contributed by atoms with Gasteiger partial charge in [0.2, 0.25) is 0 Å². The van der Waals surface area contributed by atoms with E-state index in [0.29, 0.717) is 17.5 Å². The zero-order chi connectivity index (χ0) is 33.9. The van der Waals surface area contributed by atoms with Crippen molar-refractivity contribution in [1.29, 1.82) is 0 Å². The third-order valence-corrected chi connectivity index (χ3v) is 10.2. The minimum absolute atomic E-state index is 0.656. The van der Waals surface area contributed by atoms with Gasteiger partial charge >= 0.3 is 0 Å². The van der Waals surface area contributed by atoms with Gasteiger partial charge in [0.1, 0.15) is 0 Å². The average Bonchev–Trinajstić information content (AvgIpc) is 3.72. The Hall–Kier alpha value is -6.65. The summed E-state index contributed by atoms with van der Waals surface area (Å²) in [5.41, 5.74) is 15.0. The molecule has 2 aromatic heterocycles. The highest BCUT2D eigenvalue weighted by atomic mass is 15.0. The van der Waals surface area contributed by atoms with Gasteiger partial charge in [-0.2, -0.15) is 0 Å². The first kappa shape index (κ1) is 29.3. The Kier molecular flexibility index (Phi) is 6.75. The maximum atomic E-state index is 5.14. The Balaban J connectivity index is 1.11. The molecule has 6 aromatic carbocycles. The van der Waals surface area contributed by atoms with E-state index in [9.17, 15) is 0 Å². The van der Waals surface area contributed by atoms with Gasteiger partial charge in [0, 0.05) is 33.2 Å². The summed E-state index contributed by atoms with van der Waals surface area (Å²) in [7, 11) is 0. The van der Waals surface area contributed by atoms with Gasteiger partial charge in [-0.3, -0.25) is 0 Å². The third kappa shape index (κ3) is 4.95. The predicted molar refractivity (Wildman–Crippen MR) is 210 cm³/mol. The minimum atomic E-state index is 0.656. The van der Waals surface area contributed by atoms with Gasteiger partial charge in [-0.05, 0) is 88.2 Å². The second-order valence-electron chi connectivity index (χ2n) is 13.3. The molecule has 0 fully saturated rings. The number of hydrogen-bond acceptors (Lipinski definition) is 3. The molecule has 0 unspecified atom stereocenters. The van der Waals surface area contributed by atoms with Gasteiger partial charge in [0.05, 0.1) is 11.0 Å². The molecule has 2 aliphatic carbocycles. The van der Waals surface area contributed by atoms with Crippen LogP contribution in [0.3, 0.4) is 0 Å². The van der Waals surface area contributed by atoms with Gasteiger partial charge in [-0.1, -0.05) is 128 Å². The average molecular weight is 653 g/mol. The number of rotatable bonds is 4. The Morgan fingerprint density at radius 2 is 1.10 bits per heavy atom. The van der Waals surface area contributed by atoms with Gasteiger partial charge in [0.25, 0.3) is 0 Å². The number of fused-ring (bicyclic) bond motifs is 7. The molecule has 0 bridgehead atoms. The Bertz CT molecular complexity index is 2710. The lowest BCUT2D eigenvalue weighted by Crippen LogP contribution is -2.01. The minimum Gasteiger partial charge on any atom is -0.309 e. The first-order chi connectivity index (χ1) is 25.2. The van der Waals surface area contributed by atoms with Crippen LogP contribution in [0.1, 0.15) is 22.3 Å². The SMILES string of the molecule is C=C1/C=C\C=C/Cc2cc(-c3nc(-c4ccccc4)nc(-c4ccc5c(c4)-c4cc(-n6c7ccccc7c7ccccc76)ccc4C5)n3)ccc21. The molecule has 0 saturated carbocycles. The van der Waals surface area contributed by atoms with Gasteiger partial charge < -0.3 is 4.57 Å². The topological polar surface area (TPSA) is 43.6 Å². The van der Waals surface area contributed by atoms with Crippen molar-refractivity contribution >= 4 is 27.4 Å². The van der Waals surface area contributed by atoms with Gasteiger partial charge in [-0.15, -0.1) is 0 Å². The normalized spacial score (nSPS) is 14.5. The van der Waals surface area contributed by atoms with Crippen molar-refractivity contribution in [3.8, 4) is 51.0 Å². The van der Waals surface area contributed by atoms with Crippen molar-refractivity contribution in [2.24, 2.45) is 0 Å². The maximum Gasteiger partial charge on any atom is 0.164 e. The van der Waals surface area contributed by atoms with Crippen molar-refractivity contribution in [3.05, 3.63) is 187 Å². The van der Waals surface area contributed by atoms with E-state index >= 15 is 0 Å². The van der Waals surface area contributed by atoms with Crippen molar-refractivity contribution in [2.45, 2.75) is 12.8 Å². The molecule has 2 heterocycles. The maximum absolute atomic E-state index is 5.14. The summed E-state index contributed by atoms with van der Waals surface area (Å²) >= 11 is 0. The molecule has 4 heteroatoms. The number of allylic oxidation sites excluding steroid dienone is 5. The molecule has 0 amide bonds. The Morgan fingerprint density at radius 1 is 0.490 bits per heavy atom. The van der Waals surface area contributed by atoms with E-state index in [-0.39, 0.29) is 0 Å². The van der Waals surface area contributed by atoms with E-state index < -0.39 is 0 Å². The summed E-state index contributed by atoms with van der Waals surface area (Å²) in [6.07, 6.45) is 10.1. The second kappa shape index (κ2) is 11.7. The summed E-state index contributed by atoms with van der Waals surface area (Å²) in [5, 5.41) is 2.53. The Morgan fingerprint density at radius 3 is 1.84 bits per heavy atom. The number of benzene rings is 6. The van der Waals surface area contributed by atoms with Gasteiger partial charge in [-0.25, -0.2) is 15.0 Å². The Labute approximate surface area is 296 Å². The molecule has 0 atom stereocenters. The van der Waals surface area contributed by atoms with E-state index in [4.69, 9.17) is 15.0 Å². The number of hydrogen-bond donors (Lipinski definition) is 0. The predicted octanol–water partition coefficient (Wildman–Crippen LogP) is 11.2. The van der Waals surface area contributed by atoms with Crippen molar-refractivity contribution in [1.82, 2.24) is 19.5 Å².